The van der Waals surface area contributed by atoms with Crippen LogP contribution in [-0.4, -0.2) is 22.5 Å². The molecule has 5 nitrogen and oxygen atoms in total. The van der Waals surface area contributed by atoms with Gasteiger partial charge in [-0.25, -0.2) is 9.97 Å². The van der Waals surface area contributed by atoms with Gasteiger partial charge >= 0.3 is 5.97 Å². The van der Waals surface area contributed by atoms with Gasteiger partial charge in [0.2, 0.25) is 0 Å². The van der Waals surface area contributed by atoms with Crippen molar-refractivity contribution in [3.05, 3.63) is 36.7 Å². The zero-order chi connectivity index (χ0) is 18.8. The summed E-state index contributed by atoms with van der Waals surface area (Å²) in [7, 11) is 0. The standard InChI is InChI=1S/C21H28N2O3/c1-4-6-7-8-13-25-19-14-22-20(23-15-19)17-9-11-18(12-10-17)26-21(24)16(3)5-2/h9-12,14-16H,4-8,13H2,1-3H3. The van der Waals surface area contributed by atoms with Crippen molar-refractivity contribution in [3.8, 4) is 22.9 Å². The maximum atomic E-state index is 11.8. The Morgan fingerprint density at radius 1 is 1.00 bits per heavy atom. The molecule has 1 aromatic carbocycles. The van der Waals surface area contributed by atoms with Crippen LogP contribution in [0.1, 0.15) is 52.9 Å². The molecule has 0 bridgehead atoms. The zero-order valence-corrected chi connectivity index (χ0v) is 15.9. The molecule has 1 unspecified atom stereocenters. The SMILES string of the molecule is CCCCCCOc1cnc(-c2ccc(OC(=O)C(C)CC)cc2)nc1. The Hall–Kier alpha value is -2.43. The lowest BCUT2D eigenvalue weighted by atomic mass is 10.1. The second kappa shape index (κ2) is 10.5. The summed E-state index contributed by atoms with van der Waals surface area (Å²) in [6.07, 6.45) is 8.83. The molecular weight excluding hydrogens is 328 g/mol. The summed E-state index contributed by atoms with van der Waals surface area (Å²) in [6, 6.07) is 7.22. The van der Waals surface area contributed by atoms with E-state index in [9.17, 15) is 4.79 Å². The molecule has 1 atom stereocenters. The lowest BCUT2D eigenvalue weighted by Crippen LogP contribution is -2.16. The van der Waals surface area contributed by atoms with E-state index in [0.29, 0.717) is 23.9 Å². The highest BCUT2D eigenvalue weighted by molar-refractivity contribution is 5.74. The van der Waals surface area contributed by atoms with Gasteiger partial charge < -0.3 is 9.47 Å². The van der Waals surface area contributed by atoms with Gasteiger partial charge in [0, 0.05) is 5.56 Å². The third-order valence-corrected chi connectivity index (χ3v) is 4.24. The van der Waals surface area contributed by atoms with Crippen molar-refractivity contribution >= 4 is 5.97 Å². The molecule has 2 rings (SSSR count). The first kappa shape index (κ1) is 19.9. The summed E-state index contributed by atoms with van der Waals surface area (Å²) in [5.41, 5.74) is 0.864. The van der Waals surface area contributed by atoms with E-state index in [1.54, 1.807) is 24.5 Å². The van der Waals surface area contributed by atoms with Crippen LogP contribution in [0.15, 0.2) is 36.7 Å². The number of nitrogens with zero attached hydrogens (tertiary/aromatic N) is 2. The van der Waals surface area contributed by atoms with Gasteiger partial charge in [-0.3, -0.25) is 4.79 Å². The van der Waals surface area contributed by atoms with Gasteiger partial charge in [0.1, 0.15) is 5.75 Å². The second-order valence-corrected chi connectivity index (χ2v) is 6.41. The quantitative estimate of drug-likeness (QED) is 0.338. The molecule has 0 aliphatic carbocycles. The average molecular weight is 356 g/mol. The first-order valence-corrected chi connectivity index (χ1v) is 9.41. The Morgan fingerprint density at radius 3 is 2.31 bits per heavy atom. The van der Waals surface area contributed by atoms with Gasteiger partial charge in [0.15, 0.2) is 11.6 Å². The molecule has 26 heavy (non-hydrogen) atoms. The minimum absolute atomic E-state index is 0.104. The molecule has 0 aliphatic rings. The van der Waals surface area contributed by atoms with E-state index in [2.05, 4.69) is 16.9 Å². The van der Waals surface area contributed by atoms with Crippen LogP contribution in [0.5, 0.6) is 11.5 Å². The van der Waals surface area contributed by atoms with E-state index in [0.717, 1.165) is 18.4 Å². The Morgan fingerprint density at radius 2 is 1.69 bits per heavy atom. The van der Waals surface area contributed by atoms with Crippen molar-refractivity contribution in [2.24, 2.45) is 5.92 Å². The Labute approximate surface area is 155 Å². The van der Waals surface area contributed by atoms with E-state index in [4.69, 9.17) is 9.47 Å². The van der Waals surface area contributed by atoms with E-state index in [-0.39, 0.29) is 11.9 Å². The molecule has 5 heteroatoms. The molecule has 0 spiro atoms. The molecule has 0 fully saturated rings. The van der Waals surface area contributed by atoms with Crippen molar-refractivity contribution in [1.29, 1.82) is 0 Å². The minimum Gasteiger partial charge on any atom is -0.490 e. The molecule has 0 radical (unpaired) electrons. The third-order valence-electron chi connectivity index (χ3n) is 4.24. The van der Waals surface area contributed by atoms with Crippen LogP contribution in [0, 0.1) is 5.92 Å². The summed E-state index contributed by atoms with van der Waals surface area (Å²) in [6.45, 7) is 6.71. The molecular formula is C21H28N2O3. The molecule has 140 valence electrons. The molecule has 0 amide bonds. The average Bonchev–Trinajstić information content (AvgIpc) is 2.68. The van der Waals surface area contributed by atoms with Crippen LogP contribution < -0.4 is 9.47 Å². The fourth-order valence-corrected chi connectivity index (χ4v) is 2.31. The van der Waals surface area contributed by atoms with E-state index >= 15 is 0 Å². The zero-order valence-electron chi connectivity index (χ0n) is 15.9. The number of hydrogen-bond acceptors (Lipinski definition) is 5. The normalized spacial score (nSPS) is 11.8. The monoisotopic (exact) mass is 356 g/mol. The largest absolute Gasteiger partial charge is 0.490 e. The van der Waals surface area contributed by atoms with Gasteiger partial charge in [-0.1, -0.05) is 40.0 Å². The molecule has 0 N–H and O–H groups in total. The molecule has 0 saturated carbocycles. The van der Waals surface area contributed by atoms with Crippen molar-refractivity contribution in [3.63, 3.8) is 0 Å². The Balaban J connectivity index is 1.89. The minimum atomic E-state index is -0.211. The van der Waals surface area contributed by atoms with Gasteiger partial charge in [0.05, 0.1) is 24.9 Å². The Bertz CT molecular complexity index is 669. The summed E-state index contributed by atoms with van der Waals surface area (Å²) in [5.74, 6) is 1.52. The fourth-order valence-electron chi connectivity index (χ4n) is 2.31. The van der Waals surface area contributed by atoms with Crippen LogP contribution in [0.25, 0.3) is 11.4 Å². The van der Waals surface area contributed by atoms with Gasteiger partial charge in [-0.05, 0) is 37.1 Å². The second-order valence-electron chi connectivity index (χ2n) is 6.41. The number of rotatable bonds is 10. The highest BCUT2D eigenvalue weighted by Gasteiger charge is 2.13. The maximum absolute atomic E-state index is 11.8. The molecule has 0 aliphatic heterocycles. The number of carbonyl (C=O) groups excluding carboxylic acids is 1. The molecule has 0 saturated heterocycles. The summed E-state index contributed by atoms with van der Waals surface area (Å²) in [5, 5.41) is 0. The highest BCUT2D eigenvalue weighted by atomic mass is 16.5. The number of unbranched alkanes of at least 4 members (excludes halogenated alkanes) is 3. The smallest absolute Gasteiger partial charge is 0.314 e. The highest BCUT2D eigenvalue weighted by Crippen LogP contribution is 2.21. The van der Waals surface area contributed by atoms with E-state index < -0.39 is 0 Å². The van der Waals surface area contributed by atoms with Gasteiger partial charge in [-0.2, -0.15) is 0 Å². The molecule has 1 aromatic heterocycles. The first-order valence-electron chi connectivity index (χ1n) is 9.41. The number of hydrogen-bond donors (Lipinski definition) is 0. The van der Waals surface area contributed by atoms with Crippen LogP contribution >= 0.6 is 0 Å². The van der Waals surface area contributed by atoms with Crippen LogP contribution in [0.4, 0.5) is 0 Å². The van der Waals surface area contributed by atoms with E-state index in [1.807, 2.05) is 26.0 Å². The van der Waals surface area contributed by atoms with Gasteiger partial charge in [-0.15, -0.1) is 0 Å². The topological polar surface area (TPSA) is 61.3 Å². The number of esters is 1. The summed E-state index contributed by atoms with van der Waals surface area (Å²) in [4.78, 5) is 20.5. The molecule has 2 aromatic rings. The number of ether oxygens (including phenoxy) is 2. The van der Waals surface area contributed by atoms with Crippen LogP contribution in [0.2, 0.25) is 0 Å². The van der Waals surface area contributed by atoms with Crippen molar-refractivity contribution in [1.82, 2.24) is 9.97 Å². The lowest BCUT2D eigenvalue weighted by molar-refractivity contribution is -0.138. The van der Waals surface area contributed by atoms with Gasteiger partial charge in [0.25, 0.3) is 0 Å². The first-order chi connectivity index (χ1) is 12.6. The fraction of sp³-hybridized carbons (Fsp3) is 0.476. The molecule has 1 heterocycles. The van der Waals surface area contributed by atoms with E-state index in [1.165, 1.54) is 19.3 Å². The van der Waals surface area contributed by atoms with Crippen molar-refractivity contribution < 1.29 is 14.3 Å². The van der Waals surface area contributed by atoms with Crippen molar-refractivity contribution in [2.45, 2.75) is 52.9 Å². The summed E-state index contributed by atoms with van der Waals surface area (Å²) >= 11 is 0. The van der Waals surface area contributed by atoms with Crippen LogP contribution in [0.3, 0.4) is 0 Å². The summed E-state index contributed by atoms with van der Waals surface area (Å²) < 4.78 is 11.0. The maximum Gasteiger partial charge on any atom is 0.314 e. The predicted molar refractivity (Wildman–Crippen MR) is 102 cm³/mol. The predicted octanol–water partition coefficient (Wildman–Crippen LogP) is 5.05. The number of aromatic nitrogens is 2. The third kappa shape index (κ3) is 6.14. The number of benzene rings is 1. The number of carbonyl (C=O) groups is 1. The lowest BCUT2D eigenvalue weighted by Gasteiger charge is -2.09. The van der Waals surface area contributed by atoms with Crippen molar-refractivity contribution in [2.75, 3.05) is 6.61 Å². The Kier molecular flexibility index (Phi) is 8.06. The van der Waals surface area contributed by atoms with Crippen LogP contribution in [-0.2, 0) is 4.79 Å².